The number of rotatable bonds is 6. The standard InChI is InChI=1S/C24H32N8O2/c1-21(2)19(29-23(5,6)31(21)33)15-27-25-13-17-9-11-18(12-10-17)14-26-28-16-20-22(3,4)32(34)24(7,8)30-20/h9-16H,1-8H3/b25-13+,26-14+,27-15+,28-16+. The van der Waals surface area contributed by atoms with Gasteiger partial charge in [-0.15, -0.1) is 20.5 Å². The van der Waals surface area contributed by atoms with Crippen LogP contribution in [0, 0.1) is 0 Å². The van der Waals surface area contributed by atoms with Crippen molar-refractivity contribution in [1.29, 1.82) is 0 Å². The first-order valence-electron chi connectivity index (χ1n) is 11.1. The van der Waals surface area contributed by atoms with Crippen LogP contribution in [0.4, 0.5) is 0 Å². The van der Waals surface area contributed by atoms with Gasteiger partial charge in [0, 0.05) is 0 Å². The van der Waals surface area contributed by atoms with Crippen LogP contribution in [0.2, 0.25) is 0 Å². The van der Waals surface area contributed by atoms with Crippen LogP contribution in [0.25, 0.3) is 0 Å². The third-order valence-corrected chi connectivity index (χ3v) is 5.89. The minimum absolute atomic E-state index is 0.593. The Balaban J connectivity index is 1.59. The fourth-order valence-electron chi connectivity index (χ4n) is 3.95. The third-order valence-electron chi connectivity index (χ3n) is 5.89. The van der Waals surface area contributed by atoms with E-state index in [2.05, 4.69) is 30.4 Å². The average molecular weight is 465 g/mol. The molecular formula is C24H32N8O2. The van der Waals surface area contributed by atoms with Crippen LogP contribution >= 0.6 is 0 Å². The summed E-state index contributed by atoms with van der Waals surface area (Å²) in [5.41, 5.74) is -0.238. The molecule has 2 aliphatic rings. The van der Waals surface area contributed by atoms with Crippen LogP contribution in [0.3, 0.4) is 0 Å². The van der Waals surface area contributed by atoms with Crippen molar-refractivity contribution in [3.05, 3.63) is 35.4 Å². The minimum atomic E-state index is -0.816. The summed E-state index contributed by atoms with van der Waals surface area (Å²) < 4.78 is 0. The van der Waals surface area contributed by atoms with Gasteiger partial charge in [0.05, 0.1) is 47.4 Å². The number of hydrogen-bond acceptors (Lipinski definition) is 8. The molecule has 0 spiro atoms. The van der Waals surface area contributed by atoms with Crippen molar-refractivity contribution in [2.75, 3.05) is 0 Å². The fraction of sp³-hybridized carbons (Fsp3) is 0.500. The molecular weight excluding hydrogens is 432 g/mol. The first-order chi connectivity index (χ1) is 15.7. The summed E-state index contributed by atoms with van der Waals surface area (Å²) in [6.07, 6.45) is 6.29. The van der Waals surface area contributed by atoms with E-state index in [0.717, 1.165) is 21.3 Å². The smallest absolute Gasteiger partial charge is 0.134 e. The summed E-state index contributed by atoms with van der Waals surface area (Å²) in [6.45, 7) is 14.3. The van der Waals surface area contributed by atoms with E-state index in [1.165, 1.54) is 12.4 Å². The molecule has 1 aromatic carbocycles. The Morgan fingerprint density at radius 3 is 1.15 bits per heavy atom. The molecule has 2 heterocycles. The highest BCUT2D eigenvalue weighted by Crippen LogP contribution is 2.33. The minimum Gasteiger partial charge on any atom is -0.262 e. The zero-order valence-corrected chi connectivity index (χ0v) is 21.0. The lowest BCUT2D eigenvalue weighted by Crippen LogP contribution is -2.49. The molecule has 0 aliphatic carbocycles. The molecule has 1 aromatic rings. The number of benzene rings is 1. The van der Waals surface area contributed by atoms with Gasteiger partial charge in [0.25, 0.3) is 0 Å². The van der Waals surface area contributed by atoms with Crippen LogP contribution in [0.1, 0.15) is 66.5 Å². The van der Waals surface area contributed by atoms with Crippen molar-refractivity contribution >= 4 is 36.3 Å². The van der Waals surface area contributed by atoms with Gasteiger partial charge in [-0.3, -0.25) is 9.98 Å². The molecule has 180 valence electrons. The van der Waals surface area contributed by atoms with Gasteiger partial charge in [-0.05, 0) is 66.5 Å². The molecule has 0 saturated carbocycles. The van der Waals surface area contributed by atoms with E-state index in [1.54, 1.807) is 40.1 Å². The van der Waals surface area contributed by atoms with Gasteiger partial charge in [-0.1, -0.05) is 24.3 Å². The Kier molecular flexibility index (Phi) is 6.82. The molecule has 0 unspecified atom stereocenters. The summed E-state index contributed by atoms with van der Waals surface area (Å²) in [5.74, 6) is 0. The van der Waals surface area contributed by atoms with Gasteiger partial charge in [0.15, 0.2) is 0 Å². The second-order valence-electron chi connectivity index (χ2n) is 10.3. The predicted molar refractivity (Wildman–Crippen MR) is 135 cm³/mol. The Labute approximate surface area is 200 Å². The van der Waals surface area contributed by atoms with Crippen LogP contribution < -0.4 is 0 Å². The second kappa shape index (κ2) is 9.03. The lowest BCUT2D eigenvalue weighted by molar-refractivity contribution is -0.240. The van der Waals surface area contributed by atoms with Crippen LogP contribution in [-0.2, 0) is 10.4 Å². The van der Waals surface area contributed by atoms with E-state index < -0.39 is 22.4 Å². The van der Waals surface area contributed by atoms with E-state index in [1.807, 2.05) is 52.0 Å². The van der Waals surface area contributed by atoms with Crippen molar-refractivity contribution in [2.45, 2.75) is 77.8 Å². The Morgan fingerprint density at radius 2 is 0.882 bits per heavy atom. The third kappa shape index (κ3) is 5.10. The molecule has 0 saturated heterocycles. The SMILES string of the molecule is CC1(C)N=C(/C=N/N=C/c2ccc(/C=N/N=C/C3=NC(C)(C)N([O])C3(C)C)cc2)C(C)(C)N1[O]. The summed E-state index contributed by atoms with van der Waals surface area (Å²) in [4.78, 5) is 8.89. The van der Waals surface area contributed by atoms with Gasteiger partial charge in [0.1, 0.15) is 11.3 Å². The van der Waals surface area contributed by atoms with E-state index in [4.69, 9.17) is 0 Å². The molecule has 10 heteroatoms. The van der Waals surface area contributed by atoms with Crippen molar-refractivity contribution in [1.82, 2.24) is 10.1 Å². The van der Waals surface area contributed by atoms with Gasteiger partial charge in [-0.25, -0.2) is 0 Å². The molecule has 2 radical (unpaired) electrons. The lowest BCUT2D eigenvalue weighted by Gasteiger charge is -2.30. The second-order valence-corrected chi connectivity index (χ2v) is 10.3. The summed E-state index contributed by atoms with van der Waals surface area (Å²) in [6, 6.07) is 7.52. The van der Waals surface area contributed by atoms with E-state index in [9.17, 15) is 10.4 Å². The zero-order valence-electron chi connectivity index (χ0n) is 21.0. The Hall–Kier alpha value is -2.92. The molecule has 2 aliphatic heterocycles. The first-order valence-corrected chi connectivity index (χ1v) is 11.1. The van der Waals surface area contributed by atoms with E-state index >= 15 is 0 Å². The van der Waals surface area contributed by atoms with Gasteiger partial charge < -0.3 is 0 Å². The van der Waals surface area contributed by atoms with Crippen LogP contribution in [0.15, 0.2) is 54.7 Å². The van der Waals surface area contributed by atoms with Crippen LogP contribution in [0.5, 0.6) is 0 Å². The molecule has 3 rings (SSSR count). The maximum Gasteiger partial charge on any atom is 0.134 e. The van der Waals surface area contributed by atoms with Gasteiger partial charge in [-0.2, -0.15) is 20.4 Å². The fourth-order valence-corrected chi connectivity index (χ4v) is 3.95. The topological polar surface area (TPSA) is 120 Å². The van der Waals surface area contributed by atoms with Crippen molar-refractivity contribution in [2.24, 2.45) is 30.4 Å². The molecule has 0 aromatic heterocycles. The van der Waals surface area contributed by atoms with E-state index in [-0.39, 0.29) is 0 Å². The van der Waals surface area contributed by atoms with E-state index in [0.29, 0.717) is 11.4 Å². The van der Waals surface area contributed by atoms with Crippen molar-refractivity contribution < 1.29 is 10.4 Å². The number of aliphatic imine (C=N–C) groups is 2. The number of hydrogen-bond donors (Lipinski definition) is 0. The number of hydroxylamine groups is 4. The van der Waals surface area contributed by atoms with Gasteiger partial charge >= 0.3 is 0 Å². The highest BCUT2D eigenvalue weighted by Gasteiger charge is 2.48. The largest absolute Gasteiger partial charge is 0.262 e. The summed E-state index contributed by atoms with van der Waals surface area (Å²) in [7, 11) is 0. The molecule has 34 heavy (non-hydrogen) atoms. The highest BCUT2D eigenvalue weighted by atomic mass is 16.5. The Morgan fingerprint density at radius 1 is 0.588 bits per heavy atom. The quantitative estimate of drug-likeness (QED) is 0.471. The monoisotopic (exact) mass is 464 g/mol. The molecule has 0 fully saturated rings. The summed E-state index contributed by atoms with van der Waals surface area (Å²) in [5, 5.41) is 42.9. The molecule has 0 N–H and O–H groups in total. The Bertz CT molecular complexity index is 1010. The zero-order chi connectivity index (χ0) is 25.4. The summed E-state index contributed by atoms with van der Waals surface area (Å²) >= 11 is 0. The highest BCUT2D eigenvalue weighted by molar-refractivity contribution is 6.35. The van der Waals surface area contributed by atoms with Crippen LogP contribution in [-0.4, -0.2) is 68.8 Å². The molecule has 0 bridgehead atoms. The molecule has 0 atom stereocenters. The maximum atomic E-state index is 12.3. The predicted octanol–water partition coefficient (Wildman–Crippen LogP) is 3.73. The first kappa shape index (κ1) is 25.7. The van der Waals surface area contributed by atoms with Crippen molar-refractivity contribution in [3.8, 4) is 0 Å². The van der Waals surface area contributed by atoms with Crippen molar-refractivity contribution in [3.63, 3.8) is 0 Å². The molecule has 0 amide bonds. The average Bonchev–Trinajstić information content (AvgIpc) is 3.02. The number of nitrogens with zero attached hydrogens (tertiary/aromatic N) is 8. The van der Waals surface area contributed by atoms with Gasteiger partial charge in [0.2, 0.25) is 0 Å². The maximum absolute atomic E-state index is 12.3. The lowest BCUT2D eigenvalue weighted by atomic mass is 9.99. The normalized spacial score (nSPS) is 24.2. The molecule has 10 nitrogen and oxygen atoms in total.